The maximum absolute atomic E-state index is 12.3. The van der Waals surface area contributed by atoms with Gasteiger partial charge in [0.15, 0.2) is 5.82 Å². The van der Waals surface area contributed by atoms with Crippen LogP contribution in [0.4, 0.5) is 5.82 Å². The van der Waals surface area contributed by atoms with Gasteiger partial charge in [-0.25, -0.2) is 0 Å². The Morgan fingerprint density at radius 2 is 2.05 bits per heavy atom. The number of carbonyl (C=O) groups is 1. The molecule has 2 aliphatic heterocycles. The van der Waals surface area contributed by atoms with Crippen LogP contribution >= 0.6 is 0 Å². The van der Waals surface area contributed by atoms with Crippen LogP contribution in [0.15, 0.2) is 30.3 Å². The van der Waals surface area contributed by atoms with Crippen LogP contribution in [0.2, 0.25) is 0 Å². The molecule has 1 amide bonds. The van der Waals surface area contributed by atoms with Gasteiger partial charge in [-0.05, 0) is 30.5 Å². The lowest BCUT2D eigenvalue weighted by atomic mass is 9.78. The normalized spacial score (nSPS) is 23.0. The largest absolute Gasteiger partial charge is 0.507 e. The van der Waals surface area contributed by atoms with Crippen molar-refractivity contribution < 1.29 is 9.90 Å². The van der Waals surface area contributed by atoms with Crippen LogP contribution in [-0.4, -0.2) is 34.3 Å². The third-order valence-corrected chi connectivity index (χ3v) is 4.44. The number of phenols is 1. The summed E-state index contributed by atoms with van der Waals surface area (Å²) in [5.41, 5.74) is 2.07. The number of phenolic OH excluding ortho intramolecular Hbond substituents is 1. The van der Waals surface area contributed by atoms with Gasteiger partial charge in [0.2, 0.25) is 5.91 Å². The predicted octanol–water partition coefficient (Wildman–Crippen LogP) is 1.49. The number of carbonyl (C=O) groups excluding carboxylic acids is 1. The molecule has 2 aromatic rings. The number of para-hydroxylation sites is 1. The number of aromatic hydroxyl groups is 1. The molecule has 1 aromatic heterocycles. The lowest BCUT2D eigenvalue weighted by molar-refractivity contribution is -0.125. The zero-order valence-corrected chi connectivity index (χ0v) is 11.9. The molecule has 112 valence electrons. The van der Waals surface area contributed by atoms with E-state index >= 15 is 0 Å². The number of hydrogen-bond donors (Lipinski definition) is 3. The molecule has 1 saturated heterocycles. The van der Waals surface area contributed by atoms with Crippen LogP contribution in [0.1, 0.15) is 17.9 Å². The molecular weight excluding hydrogens is 280 g/mol. The third kappa shape index (κ3) is 1.99. The van der Waals surface area contributed by atoms with E-state index in [1.165, 1.54) is 0 Å². The molecule has 1 fully saturated rings. The smallest absolute Gasteiger partial charge is 0.228 e. The summed E-state index contributed by atoms with van der Waals surface area (Å²) < 4.78 is 0. The van der Waals surface area contributed by atoms with E-state index in [1.54, 1.807) is 18.2 Å². The van der Waals surface area contributed by atoms with Gasteiger partial charge in [0.25, 0.3) is 0 Å². The number of nitrogens with one attached hydrogen (secondary N) is 2. The Balaban J connectivity index is 1.82. The van der Waals surface area contributed by atoms with Crippen molar-refractivity contribution in [1.29, 1.82) is 0 Å². The fourth-order valence-electron chi connectivity index (χ4n) is 3.32. The number of aromatic nitrogens is 2. The second-order valence-corrected chi connectivity index (χ2v) is 5.75. The molecule has 4 rings (SSSR count). The molecule has 6 heteroatoms. The first-order chi connectivity index (χ1) is 10.7. The van der Waals surface area contributed by atoms with Crippen LogP contribution < -0.4 is 10.6 Å². The van der Waals surface area contributed by atoms with E-state index in [0.29, 0.717) is 17.1 Å². The number of benzene rings is 1. The second kappa shape index (κ2) is 4.98. The van der Waals surface area contributed by atoms with Crippen molar-refractivity contribution in [1.82, 2.24) is 15.5 Å². The van der Waals surface area contributed by atoms with E-state index < -0.39 is 0 Å². The second-order valence-electron chi connectivity index (χ2n) is 5.75. The van der Waals surface area contributed by atoms with E-state index in [2.05, 4.69) is 20.8 Å². The van der Waals surface area contributed by atoms with Crippen LogP contribution in [0.5, 0.6) is 5.75 Å². The molecule has 0 radical (unpaired) electrons. The van der Waals surface area contributed by atoms with Gasteiger partial charge in [-0.1, -0.05) is 12.1 Å². The molecule has 22 heavy (non-hydrogen) atoms. The summed E-state index contributed by atoms with van der Waals surface area (Å²) in [6.07, 6.45) is 0.955. The van der Waals surface area contributed by atoms with E-state index in [-0.39, 0.29) is 23.5 Å². The predicted molar refractivity (Wildman–Crippen MR) is 81.5 cm³/mol. The summed E-state index contributed by atoms with van der Waals surface area (Å²) in [5.74, 6) is 0.964. The van der Waals surface area contributed by atoms with Crippen molar-refractivity contribution >= 4 is 11.7 Å². The van der Waals surface area contributed by atoms with Gasteiger partial charge < -0.3 is 15.7 Å². The quantitative estimate of drug-likeness (QED) is 0.742. The molecular formula is C16H16N4O2. The van der Waals surface area contributed by atoms with Gasteiger partial charge >= 0.3 is 0 Å². The summed E-state index contributed by atoms with van der Waals surface area (Å²) in [6, 6.07) is 8.87. The number of nitrogens with zero attached hydrogens (tertiary/aromatic N) is 2. The van der Waals surface area contributed by atoms with Crippen LogP contribution in [0, 0.1) is 5.92 Å². The van der Waals surface area contributed by atoms with Crippen molar-refractivity contribution in [3.05, 3.63) is 35.9 Å². The topological polar surface area (TPSA) is 87.1 Å². The summed E-state index contributed by atoms with van der Waals surface area (Å²) in [6.45, 7) is 1.47. The van der Waals surface area contributed by atoms with Crippen LogP contribution in [0.25, 0.3) is 11.3 Å². The molecule has 0 spiro atoms. The minimum absolute atomic E-state index is 0.0511. The summed E-state index contributed by atoms with van der Waals surface area (Å²) in [4.78, 5) is 12.3. The Bertz CT molecular complexity index is 747. The summed E-state index contributed by atoms with van der Waals surface area (Å²) >= 11 is 0. The Labute approximate surface area is 127 Å². The van der Waals surface area contributed by atoms with Crippen LogP contribution in [0.3, 0.4) is 0 Å². The van der Waals surface area contributed by atoms with Gasteiger partial charge in [0.05, 0.1) is 11.6 Å². The first-order valence-electron chi connectivity index (χ1n) is 7.41. The van der Waals surface area contributed by atoms with Gasteiger partial charge in [-0.2, -0.15) is 0 Å². The van der Waals surface area contributed by atoms with Crippen molar-refractivity contribution in [2.45, 2.75) is 12.3 Å². The standard InChI is InChI=1S/C16H16N4O2/c21-13-4-2-1-3-10(13)12-7-11-14-9(5-6-17-16(14)22)8-18-15(11)20-19-12/h1-4,7,9,14,21H,5-6,8H2,(H,17,22)(H,18,20). The number of hydrogen-bond acceptors (Lipinski definition) is 5. The number of anilines is 1. The number of rotatable bonds is 1. The molecule has 3 N–H and O–H groups in total. The van der Waals surface area contributed by atoms with E-state index in [4.69, 9.17) is 0 Å². The highest BCUT2D eigenvalue weighted by molar-refractivity contribution is 5.87. The minimum atomic E-state index is -0.190. The first kappa shape index (κ1) is 13.1. The highest BCUT2D eigenvalue weighted by Gasteiger charge is 2.38. The highest BCUT2D eigenvalue weighted by Crippen LogP contribution is 2.39. The molecule has 2 atom stereocenters. The maximum atomic E-state index is 12.3. The Morgan fingerprint density at radius 1 is 1.18 bits per heavy atom. The first-order valence-corrected chi connectivity index (χ1v) is 7.41. The van der Waals surface area contributed by atoms with Crippen molar-refractivity contribution in [2.24, 2.45) is 5.92 Å². The number of fused-ring (bicyclic) bond motifs is 3. The van der Waals surface area contributed by atoms with Gasteiger partial charge in [0, 0.05) is 24.2 Å². The molecule has 3 heterocycles. The fourth-order valence-corrected chi connectivity index (χ4v) is 3.32. The molecule has 0 aliphatic carbocycles. The number of amides is 1. The summed E-state index contributed by atoms with van der Waals surface area (Å²) in [5, 5.41) is 24.6. The molecule has 2 aliphatic rings. The molecule has 1 aromatic carbocycles. The third-order valence-electron chi connectivity index (χ3n) is 4.44. The van der Waals surface area contributed by atoms with E-state index in [0.717, 1.165) is 25.1 Å². The van der Waals surface area contributed by atoms with Crippen molar-refractivity contribution in [2.75, 3.05) is 18.4 Å². The van der Waals surface area contributed by atoms with Gasteiger partial charge in [-0.15, -0.1) is 10.2 Å². The zero-order chi connectivity index (χ0) is 15.1. The lowest BCUT2D eigenvalue weighted by Crippen LogP contribution is -2.45. The van der Waals surface area contributed by atoms with Crippen LogP contribution in [-0.2, 0) is 4.79 Å². The van der Waals surface area contributed by atoms with Gasteiger partial charge in [-0.3, -0.25) is 4.79 Å². The molecule has 0 bridgehead atoms. The monoisotopic (exact) mass is 296 g/mol. The van der Waals surface area contributed by atoms with Crippen molar-refractivity contribution in [3.63, 3.8) is 0 Å². The SMILES string of the molecule is O=C1NCCC2CNc3nnc(-c4ccccc4O)cc3C12. The Kier molecular flexibility index (Phi) is 2.96. The molecule has 2 unspecified atom stereocenters. The van der Waals surface area contributed by atoms with Crippen molar-refractivity contribution in [3.8, 4) is 17.0 Å². The highest BCUT2D eigenvalue weighted by atomic mass is 16.3. The average Bonchev–Trinajstić information content (AvgIpc) is 2.55. The van der Waals surface area contributed by atoms with E-state index in [9.17, 15) is 9.90 Å². The van der Waals surface area contributed by atoms with E-state index in [1.807, 2.05) is 12.1 Å². The fraction of sp³-hybridized carbons (Fsp3) is 0.312. The number of piperidine rings is 1. The Morgan fingerprint density at radius 3 is 2.91 bits per heavy atom. The van der Waals surface area contributed by atoms with Gasteiger partial charge in [0.1, 0.15) is 5.75 Å². The average molecular weight is 296 g/mol. The minimum Gasteiger partial charge on any atom is -0.507 e. The molecule has 0 saturated carbocycles. The lowest BCUT2D eigenvalue weighted by Gasteiger charge is -2.36. The Hall–Kier alpha value is -2.63. The maximum Gasteiger partial charge on any atom is 0.228 e. The molecule has 6 nitrogen and oxygen atoms in total. The summed E-state index contributed by atoms with van der Waals surface area (Å²) in [7, 11) is 0. The zero-order valence-electron chi connectivity index (χ0n) is 11.9.